The van der Waals surface area contributed by atoms with Crippen LogP contribution in [-0.4, -0.2) is 17.7 Å². The summed E-state index contributed by atoms with van der Waals surface area (Å²) in [4.78, 5) is 35.7. The van der Waals surface area contributed by atoms with Gasteiger partial charge in [0.2, 0.25) is 0 Å². The molecule has 0 amide bonds. The maximum absolute atomic E-state index is 12.5. The topological polar surface area (TPSA) is 69.7 Å². The number of carbonyl (C=O) groups is 3. The van der Waals surface area contributed by atoms with Crippen molar-refractivity contribution >= 4 is 39.2 Å². The van der Waals surface area contributed by atoms with Gasteiger partial charge < -0.3 is 9.47 Å². The number of halogens is 1. The lowest BCUT2D eigenvalue weighted by molar-refractivity contribution is -0.132. The number of hydrogen-bond donors (Lipinski definition) is 0. The minimum absolute atomic E-state index is 0.276. The first-order valence-corrected chi connectivity index (χ1v) is 10.5. The molecule has 3 atom stereocenters. The van der Waals surface area contributed by atoms with Gasteiger partial charge in [0.15, 0.2) is 0 Å². The van der Waals surface area contributed by atoms with E-state index in [1.165, 1.54) is 13.8 Å². The summed E-state index contributed by atoms with van der Waals surface area (Å²) in [5.41, 5.74) is 2.79. The number of benzene rings is 1. The molecule has 28 heavy (non-hydrogen) atoms. The van der Waals surface area contributed by atoms with Crippen molar-refractivity contribution in [3.05, 3.63) is 27.7 Å². The Bertz CT molecular complexity index is 931. The van der Waals surface area contributed by atoms with Crippen molar-refractivity contribution in [3.8, 4) is 11.5 Å². The Kier molecular flexibility index (Phi) is 4.73. The average Bonchev–Trinajstić information content (AvgIpc) is 2.92. The Morgan fingerprint density at radius 3 is 2.46 bits per heavy atom. The molecule has 0 radical (unpaired) electrons. The van der Waals surface area contributed by atoms with E-state index < -0.39 is 11.9 Å². The van der Waals surface area contributed by atoms with Crippen LogP contribution in [0.3, 0.4) is 0 Å². The van der Waals surface area contributed by atoms with E-state index in [0.29, 0.717) is 36.0 Å². The third-order valence-electron chi connectivity index (χ3n) is 6.56. The second-order valence-electron chi connectivity index (χ2n) is 8.22. The summed E-state index contributed by atoms with van der Waals surface area (Å²) >= 11 is 3.59. The smallest absolute Gasteiger partial charge is 0.308 e. The lowest BCUT2D eigenvalue weighted by atomic mass is 9.60. The van der Waals surface area contributed by atoms with Crippen molar-refractivity contribution in [1.29, 1.82) is 0 Å². The number of carbonyl (C=O) groups excluding carboxylic acids is 3. The highest BCUT2D eigenvalue weighted by atomic mass is 79.9. The number of rotatable bonds is 2. The average molecular weight is 447 g/mol. The molecule has 148 valence electrons. The maximum atomic E-state index is 12.5. The maximum Gasteiger partial charge on any atom is 0.308 e. The minimum atomic E-state index is -0.430. The molecule has 1 aromatic carbocycles. The predicted octanol–water partition coefficient (Wildman–Crippen LogP) is 4.63. The van der Waals surface area contributed by atoms with Crippen LogP contribution in [0.25, 0.3) is 5.57 Å². The third-order valence-corrected chi connectivity index (χ3v) is 7.43. The number of esters is 2. The van der Waals surface area contributed by atoms with E-state index in [4.69, 9.17) is 9.47 Å². The highest BCUT2D eigenvalue weighted by Crippen LogP contribution is 2.59. The zero-order chi connectivity index (χ0) is 20.2. The van der Waals surface area contributed by atoms with E-state index >= 15 is 0 Å². The second kappa shape index (κ2) is 6.83. The van der Waals surface area contributed by atoms with Crippen LogP contribution < -0.4 is 9.47 Å². The number of allylic oxidation sites excluding steroid dienone is 2. The lowest BCUT2D eigenvalue weighted by Crippen LogP contribution is -2.38. The summed E-state index contributed by atoms with van der Waals surface area (Å²) in [5, 5.41) is 0. The van der Waals surface area contributed by atoms with E-state index in [0.717, 1.165) is 40.4 Å². The first-order chi connectivity index (χ1) is 13.2. The van der Waals surface area contributed by atoms with Gasteiger partial charge in [0.25, 0.3) is 0 Å². The lowest BCUT2D eigenvalue weighted by Gasteiger charge is -2.43. The molecule has 3 aliphatic rings. The van der Waals surface area contributed by atoms with E-state index in [1.807, 2.05) is 0 Å². The Morgan fingerprint density at radius 1 is 1.11 bits per heavy atom. The van der Waals surface area contributed by atoms with E-state index in [-0.39, 0.29) is 11.3 Å². The van der Waals surface area contributed by atoms with Crippen LogP contribution in [0.2, 0.25) is 0 Å². The molecule has 0 bridgehead atoms. The van der Waals surface area contributed by atoms with Gasteiger partial charge in [-0.1, -0.05) is 13.0 Å². The fourth-order valence-corrected chi connectivity index (χ4v) is 5.91. The van der Waals surface area contributed by atoms with Gasteiger partial charge in [0.05, 0.1) is 4.47 Å². The number of ketones is 1. The Labute approximate surface area is 172 Å². The molecule has 6 heteroatoms. The van der Waals surface area contributed by atoms with Crippen LogP contribution in [0.4, 0.5) is 0 Å². The van der Waals surface area contributed by atoms with Crippen LogP contribution in [0.5, 0.6) is 11.5 Å². The van der Waals surface area contributed by atoms with Crippen molar-refractivity contribution < 1.29 is 23.9 Å². The molecular weight excluding hydrogens is 424 g/mol. The molecule has 0 aliphatic heterocycles. The molecule has 0 unspecified atom stereocenters. The quantitative estimate of drug-likeness (QED) is 0.488. The number of Topliss-reactive ketones (excluding diaryl/α,β-unsaturated/α-hetero) is 1. The van der Waals surface area contributed by atoms with Crippen molar-refractivity contribution in [2.75, 3.05) is 0 Å². The number of ether oxygens (including phenoxy) is 2. The first-order valence-electron chi connectivity index (χ1n) is 9.68. The fourth-order valence-electron chi connectivity index (χ4n) is 5.32. The van der Waals surface area contributed by atoms with Gasteiger partial charge in [-0.15, -0.1) is 0 Å². The van der Waals surface area contributed by atoms with E-state index in [9.17, 15) is 14.4 Å². The first kappa shape index (κ1) is 19.4. The molecule has 0 aromatic heterocycles. The highest BCUT2D eigenvalue weighted by molar-refractivity contribution is 9.10. The Hall–Kier alpha value is -1.95. The van der Waals surface area contributed by atoms with Crippen LogP contribution in [0.1, 0.15) is 57.6 Å². The van der Waals surface area contributed by atoms with Crippen molar-refractivity contribution in [3.63, 3.8) is 0 Å². The molecule has 3 aliphatic carbocycles. The monoisotopic (exact) mass is 446 g/mol. The SMILES string of the molecule is CC(=O)Oc1cc(OC(C)=O)c2c(c1Br)CC[C@@H]1C2=CC[C@]2(C)C(=O)CC[C@@H]12. The molecule has 5 nitrogen and oxygen atoms in total. The molecule has 0 heterocycles. The number of hydrogen-bond acceptors (Lipinski definition) is 5. The summed E-state index contributed by atoms with van der Waals surface area (Å²) < 4.78 is 11.6. The largest absolute Gasteiger partial charge is 0.426 e. The van der Waals surface area contributed by atoms with Gasteiger partial charge in [-0.2, -0.15) is 0 Å². The molecule has 0 saturated heterocycles. The van der Waals surface area contributed by atoms with Gasteiger partial charge in [0.1, 0.15) is 17.3 Å². The van der Waals surface area contributed by atoms with Crippen molar-refractivity contribution in [2.45, 2.75) is 52.9 Å². The Morgan fingerprint density at radius 2 is 1.79 bits per heavy atom. The van der Waals surface area contributed by atoms with Crippen LogP contribution in [0, 0.1) is 17.3 Å². The predicted molar refractivity (Wildman–Crippen MR) is 107 cm³/mol. The van der Waals surface area contributed by atoms with Gasteiger partial charge in [-0.05, 0) is 64.6 Å². The van der Waals surface area contributed by atoms with E-state index in [1.54, 1.807) is 6.07 Å². The molecule has 1 aromatic rings. The number of fused-ring (bicyclic) bond motifs is 5. The van der Waals surface area contributed by atoms with Gasteiger partial charge in [0, 0.05) is 37.3 Å². The zero-order valence-corrected chi connectivity index (χ0v) is 17.9. The summed E-state index contributed by atoms with van der Waals surface area (Å²) in [5.74, 6) is 0.899. The molecule has 1 saturated carbocycles. The third kappa shape index (κ3) is 2.93. The summed E-state index contributed by atoms with van der Waals surface area (Å²) in [7, 11) is 0. The van der Waals surface area contributed by atoms with Crippen LogP contribution in [-0.2, 0) is 20.8 Å². The van der Waals surface area contributed by atoms with Gasteiger partial charge >= 0.3 is 11.9 Å². The molecule has 1 fully saturated rings. The van der Waals surface area contributed by atoms with Gasteiger partial charge in [-0.25, -0.2) is 0 Å². The Balaban J connectivity index is 1.87. The summed E-state index contributed by atoms with van der Waals surface area (Å²) in [6.45, 7) is 4.81. The normalized spacial score (nSPS) is 28.0. The summed E-state index contributed by atoms with van der Waals surface area (Å²) in [6.07, 6.45) is 6.13. The highest BCUT2D eigenvalue weighted by Gasteiger charge is 2.52. The second-order valence-corrected chi connectivity index (χ2v) is 9.02. The van der Waals surface area contributed by atoms with Gasteiger partial charge in [-0.3, -0.25) is 14.4 Å². The standard InChI is InChI=1S/C22H23BrO5/c1-11(24)27-17-10-18(28-12(2)25)21(23)15-5-4-13-14(20(15)17)8-9-22(3)16(13)6-7-19(22)26/h8,10,13,16H,4-7,9H2,1-3H3/t13-,16+,22+/m1/s1. The van der Waals surface area contributed by atoms with Crippen molar-refractivity contribution in [2.24, 2.45) is 17.3 Å². The van der Waals surface area contributed by atoms with E-state index in [2.05, 4.69) is 28.9 Å². The van der Waals surface area contributed by atoms with Crippen LogP contribution in [0.15, 0.2) is 16.6 Å². The summed E-state index contributed by atoms with van der Waals surface area (Å²) in [6, 6.07) is 1.61. The molecule has 0 spiro atoms. The van der Waals surface area contributed by atoms with Crippen LogP contribution >= 0.6 is 15.9 Å². The minimum Gasteiger partial charge on any atom is -0.426 e. The zero-order valence-electron chi connectivity index (χ0n) is 16.3. The fraction of sp³-hybridized carbons (Fsp3) is 0.500. The molecule has 0 N–H and O–H groups in total. The van der Waals surface area contributed by atoms with Crippen molar-refractivity contribution in [1.82, 2.24) is 0 Å². The molecular formula is C22H23BrO5. The molecule has 4 rings (SSSR count).